The molecule has 0 aliphatic rings. The molecule has 1 aromatic carbocycles. The van der Waals surface area contributed by atoms with E-state index in [1.54, 1.807) is 10.9 Å². The van der Waals surface area contributed by atoms with Crippen LogP contribution in [0.25, 0.3) is 16.6 Å². The topological polar surface area (TPSA) is 43.6 Å². The second-order valence-corrected chi connectivity index (χ2v) is 4.18. The van der Waals surface area contributed by atoms with Crippen LogP contribution in [0.1, 0.15) is 5.56 Å². The first-order valence-electron chi connectivity index (χ1n) is 5.18. The maximum absolute atomic E-state index is 6.02. The van der Waals surface area contributed by atoms with Crippen LogP contribution in [0.5, 0.6) is 0 Å². The quantitative estimate of drug-likeness (QED) is 0.661. The van der Waals surface area contributed by atoms with Gasteiger partial charge in [-0.05, 0) is 12.5 Å². The summed E-state index contributed by atoms with van der Waals surface area (Å²) in [5.41, 5.74) is 1.07. The average molecular weight is 245 g/mol. The Balaban J connectivity index is 2.34. The van der Waals surface area contributed by atoms with Crippen molar-refractivity contribution in [1.82, 2.24) is 20.0 Å². The van der Waals surface area contributed by atoms with E-state index in [9.17, 15) is 0 Å². The molecule has 0 bridgehead atoms. The van der Waals surface area contributed by atoms with Crippen LogP contribution in [0.2, 0.25) is 5.15 Å². The fourth-order valence-corrected chi connectivity index (χ4v) is 1.96. The Morgan fingerprint density at radius 3 is 2.59 bits per heavy atom. The number of hydrogen-bond acceptors (Lipinski definition) is 3. The molecule has 0 aliphatic carbocycles. The van der Waals surface area contributed by atoms with E-state index >= 15 is 0 Å². The van der Waals surface area contributed by atoms with Crippen molar-refractivity contribution < 1.29 is 0 Å². The molecular weight excluding hydrogens is 236 g/mol. The van der Waals surface area contributed by atoms with E-state index in [-0.39, 0.29) is 0 Å². The molecule has 17 heavy (non-hydrogen) atoms. The van der Waals surface area contributed by atoms with Crippen molar-refractivity contribution in [2.45, 2.75) is 6.92 Å². The van der Waals surface area contributed by atoms with Gasteiger partial charge in [0.15, 0.2) is 11.0 Å². The SMILES string of the molecule is Cc1cnn(-c2nnc(Cl)c3ccccc23)c1. The predicted molar refractivity (Wildman–Crippen MR) is 66.4 cm³/mol. The molecule has 0 saturated carbocycles. The van der Waals surface area contributed by atoms with Gasteiger partial charge in [0.1, 0.15) is 0 Å². The van der Waals surface area contributed by atoms with Crippen molar-refractivity contribution in [3.05, 3.63) is 47.4 Å². The Bertz CT molecular complexity index is 690. The summed E-state index contributed by atoms with van der Waals surface area (Å²) in [5.74, 6) is 0.693. The Hall–Kier alpha value is -1.94. The average Bonchev–Trinajstić information content (AvgIpc) is 2.77. The summed E-state index contributed by atoms with van der Waals surface area (Å²) in [7, 11) is 0. The van der Waals surface area contributed by atoms with E-state index in [1.807, 2.05) is 37.4 Å². The van der Waals surface area contributed by atoms with Crippen molar-refractivity contribution in [2.24, 2.45) is 0 Å². The molecule has 0 atom stereocenters. The Morgan fingerprint density at radius 2 is 1.88 bits per heavy atom. The van der Waals surface area contributed by atoms with Gasteiger partial charge in [-0.1, -0.05) is 35.9 Å². The second-order valence-electron chi connectivity index (χ2n) is 3.82. The maximum Gasteiger partial charge on any atom is 0.183 e. The van der Waals surface area contributed by atoms with Gasteiger partial charge >= 0.3 is 0 Å². The second kappa shape index (κ2) is 3.82. The van der Waals surface area contributed by atoms with E-state index < -0.39 is 0 Å². The molecule has 0 saturated heterocycles. The third kappa shape index (κ3) is 1.66. The predicted octanol–water partition coefficient (Wildman–Crippen LogP) is 2.78. The number of fused-ring (bicyclic) bond motifs is 1. The highest BCUT2D eigenvalue weighted by molar-refractivity contribution is 6.34. The molecule has 2 heterocycles. The van der Waals surface area contributed by atoms with E-state index in [4.69, 9.17) is 11.6 Å². The molecule has 3 rings (SSSR count). The molecule has 0 radical (unpaired) electrons. The fourth-order valence-electron chi connectivity index (χ4n) is 1.75. The smallest absolute Gasteiger partial charge is 0.183 e. The largest absolute Gasteiger partial charge is 0.220 e. The zero-order valence-electron chi connectivity index (χ0n) is 9.13. The number of rotatable bonds is 1. The van der Waals surface area contributed by atoms with E-state index in [1.165, 1.54) is 0 Å². The molecule has 0 fully saturated rings. The van der Waals surface area contributed by atoms with Crippen molar-refractivity contribution in [3.8, 4) is 5.82 Å². The molecule has 4 nitrogen and oxygen atoms in total. The van der Waals surface area contributed by atoms with E-state index in [2.05, 4.69) is 15.3 Å². The summed E-state index contributed by atoms with van der Waals surface area (Å²) in [6, 6.07) is 7.75. The first-order chi connectivity index (χ1) is 8.25. The monoisotopic (exact) mass is 244 g/mol. The molecular formula is C12H9ClN4. The highest BCUT2D eigenvalue weighted by atomic mass is 35.5. The summed E-state index contributed by atoms with van der Waals surface area (Å²) < 4.78 is 1.71. The van der Waals surface area contributed by atoms with Crippen molar-refractivity contribution in [3.63, 3.8) is 0 Å². The molecule has 5 heteroatoms. The van der Waals surface area contributed by atoms with Gasteiger partial charge in [0.2, 0.25) is 0 Å². The number of halogens is 1. The number of nitrogens with zero attached hydrogens (tertiary/aromatic N) is 4. The van der Waals surface area contributed by atoms with Gasteiger partial charge in [0.05, 0.1) is 6.20 Å². The van der Waals surface area contributed by atoms with Crippen LogP contribution in [0, 0.1) is 6.92 Å². The van der Waals surface area contributed by atoms with Gasteiger partial charge in [0, 0.05) is 17.0 Å². The molecule has 0 unspecified atom stereocenters. The molecule has 3 aromatic rings. The van der Waals surface area contributed by atoms with Gasteiger partial charge in [-0.25, -0.2) is 4.68 Å². The molecule has 0 N–H and O–H groups in total. The van der Waals surface area contributed by atoms with Gasteiger partial charge < -0.3 is 0 Å². The van der Waals surface area contributed by atoms with Crippen LogP contribution in [-0.2, 0) is 0 Å². The molecule has 0 aliphatic heterocycles. The lowest BCUT2D eigenvalue weighted by Gasteiger charge is -2.05. The Kier molecular flexibility index (Phi) is 2.30. The van der Waals surface area contributed by atoms with E-state index in [0.717, 1.165) is 16.3 Å². The van der Waals surface area contributed by atoms with Crippen LogP contribution in [0.15, 0.2) is 36.7 Å². The first-order valence-corrected chi connectivity index (χ1v) is 5.56. The summed E-state index contributed by atoms with van der Waals surface area (Å²) in [6.07, 6.45) is 3.69. The van der Waals surface area contributed by atoms with Crippen molar-refractivity contribution in [2.75, 3.05) is 0 Å². The molecule has 0 spiro atoms. The molecule has 2 aromatic heterocycles. The van der Waals surface area contributed by atoms with Crippen LogP contribution < -0.4 is 0 Å². The van der Waals surface area contributed by atoms with Crippen molar-refractivity contribution >= 4 is 22.4 Å². The number of aromatic nitrogens is 4. The summed E-state index contributed by atoms with van der Waals surface area (Å²) >= 11 is 6.02. The van der Waals surface area contributed by atoms with Crippen LogP contribution in [-0.4, -0.2) is 20.0 Å². The summed E-state index contributed by atoms with van der Waals surface area (Å²) in [4.78, 5) is 0. The highest BCUT2D eigenvalue weighted by Crippen LogP contribution is 2.24. The van der Waals surface area contributed by atoms with Crippen LogP contribution >= 0.6 is 11.6 Å². The Labute approximate surface area is 103 Å². The number of benzene rings is 1. The van der Waals surface area contributed by atoms with Gasteiger partial charge in [-0.2, -0.15) is 5.10 Å². The fraction of sp³-hybridized carbons (Fsp3) is 0.0833. The van der Waals surface area contributed by atoms with Gasteiger partial charge in [-0.3, -0.25) is 0 Å². The molecule has 0 amide bonds. The number of aryl methyl sites for hydroxylation is 1. The van der Waals surface area contributed by atoms with Gasteiger partial charge in [-0.15, -0.1) is 10.2 Å². The highest BCUT2D eigenvalue weighted by Gasteiger charge is 2.09. The Morgan fingerprint density at radius 1 is 1.12 bits per heavy atom. The minimum absolute atomic E-state index is 0.410. The zero-order valence-corrected chi connectivity index (χ0v) is 9.89. The standard InChI is InChI=1S/C12H9ClN4/c1-8-6-14-17(7-8)12-10-5-3-2-4-9(10)11(13)15-16-12/h2-7H,1H3. The minimum atomic E-state index is 0.410. The van der Waals surface area contributed by atoms with E-state index in [0.29, 0.717) is 11.0 Å². The lowest BCUT2D eigenvalue weighted by Crippen LogP contribution is -2.01. The zero-order chi connectivity index (χ0) is 11.8. The number of hydrogen-bond donors (Lipinski definition) is 0. The minimum Gasteiger partial charge on any atom is -0.220 e. The lowest BCUT2D eigenvalue weighted by atomic mass is 10.2. The molecule has 84 valence electrons. The maximum atomic E-state index is 6.02. The summed E-state index contributed by atoms with van der Waals surface area (Å²) in [6.45, 7) is 1.98. The van der Waals surface area contributed by atoms with Crippen molar-refractivity contribution in [1.29, 1.82) is 0 Å². The summed E-state index contributed by atoms with van der Waals surface area (Å²) in [5, 5.41) is 14.5. The lowest BCUT2D eigenvalue weighted by molar-refractivity contribution is 0.825. The third-order valence-electron chi connectivity index (χ3n) is 2.55. The third-order valence-corrected chi connectivity index (χ3v) is 2.83. The van der Waals surface area contributed by atoms with Crippen LogP contribution in [0.3, 0.4) is 0 Å². The van der Waals surface area contributed by atoms with Gasteiger partial charge in [0.25, 0.3) is 0 Å². The van der Waals surface area contributed by atoms with Crippen LogP contribution in [0.4, 0.5) is 0 Å². The normalized spacial score (nSPS) is 10.9. The first kappa shape index (κ1) is 10.2.